The number of carbonyl (C=O) groups excluding carboxylic acids is 2. The molecule has 0 aliphatic heterocycles. The summed E-state index contributed by atoms with van der Waals surface area (Å²) < 4.78 is 10.5. The number of ether oxygens (including phenoxy) is 2. The van der Waals surface area contributed by atoms with Crippen LogP contribution in [0.1, 0.15) is 20.1 Å². The Hall–Kier alpha value is -2.54. The number of amides is 2. The molecule has 0 atom stereocenters. The first kappa shape index (κ1) is 16.8. The number of thiophene rings is 1. The van der Waals surface area contributed by atoms with Gasteiger partial charge in [0.1, 0.15) is 0 Å². The highest BCUT2D eigenvalue weighted by atomic mass is 32.1. The van der Waals surface area contributed by atoms with E-state index in [0.717, 1.165) is 10.4 Å². The van der Waals surface area contributed by atoms with Gasteiger partial charge in [0.25, 0.3) is 11.8 Å². The van der Waals surface area contributed by atoms with Crippen LogP contribution < -0.4 is 20.5 Å². The van der Waals surface area contributed by atoms with Gasteiger partial charge >= 0.3 is 0 Å². The fourth-order valence-electron chi connectivity index (χ4n) is 1.92. The molecule has 0 aliphatic carbocycles. The van der Waals surface area contributed by atoms with Crippen LogP contribution in [0.4, 0.5) is 0 Å². The van der Waals surface area contributed by atoms with Gasteiger partial charge in [-0.1, -0.05) is 6.07 Å². The number of aryl methyl sites for hydroxylation is 1. The molecular formula is C16H18N2O4S. The topological polar surface area (TPSA) is 90.7 Å². The van der Waals surface area contributed by atoms with Gasteiger partial charge in [-0.2, -0.15) is 0 Å². The minimum Gasteiger partial charge on any atom is -0.493 e. The maximum absolute atomic E-state index is 12.0. The number of nitrogens with two attached hydrogens (primary N) is 1. The molecule has 0 unspecified atom stereocenters. The van der Waals surface area contributed by atoms with E-state index < -0.39 is 5.91 Å². The standard InChI is InChI=1S/C16H18N2O4S/c1-10-3-6-14(23-10)16(20)18-8-11-4-5-12(13(7-11)21-2)22-9-15(17)19/h3-7H,8-9H2,1-2H3,(H2,17,19)(H,18,20). The molecule has 2 aromatic rings. The third-order valence-electron chi connectivity index (χ3n) is 3.02. The summed E-state index contributed by atoms with van der Waals surface area (Å²) in [5, 5.41) is 2.85. The van der Waals surface area contributed by atoms with Gasteiger partial charge in [-0.15, -0.1) is 11.3 Å². The SMILES string of the molecule is COc1cc(CNC(=O)c2ccc(C)s2)ccc1OCC(N)=O. The zero-order valence-electron chi connectivity index (χ0n) is 12.9. The smallest absolute Gasteiger partial charge is 0.261 e. The second-order valence-corrected chi connectivity index (χ2v) is 6.12. The molecule has 122 valence electrons. The fourth-order valence-corrected chi connectivity index (χ4v) is 2.70. The Morgan fingerprint density at radius 2 is 2.00 bits per heavy atom. The van der Waals surface area contributed by atoms with E-state index in [-0.39, 0.29) is 12.5 Å². The highest BCUT2D eigenvalue weighted by Gasteiger charge is 2.10. The van der Waals surface area contributed by atoms with Crippen molar-refractivity contribution in [3.8, 4) is 11.5 Å². The maximum atomic E-state index is 12.0. The van der Waals surface area contributed by atoms with Crippen molar-refractivity contribution in [2.24, 2.45) is 5.73 Å². The number of rotatable bonds is 7. The lowest BCUT2D eigenvalue weighted by Crippen LogP contribution is -2.22. The average Bonchev–Trinajstić information content (AvgIpc) is 2.97. The van der Waals surface area contributed by atoms with Gasteiger partial charge in [0.2, 0.25) is 0 Å². The molecule has 0 spiro atoms. The number of benzene rings is 1. The number of hydrogen-bond donors (Lipinski definition) is 2. The van der Waals surface area contributed by atoms with Gasteiger partial charge in [0.05, 0.1) is 12.0 Å². The molecule has 0 aliphatic rings. The van der Waals surface area contributed by atoms with Crippen molar-refractivity contribution in [1.29, 1.82) is 0 Å². The summed E-state index contributed by atoms with van der Waals surface area (Å²) >= 11 is 1.45. The van der Waals surface area contributed by atoms with Crippen LogP contribution in [0.3, 0.4) is 0 Å². The van der Waals surface area contributed by atoms with Crippen molar-refractivity contribution >= 4 is 23.2 Å². The number of primary amides is 1. The number of carbonyl (C=O) groups is 2. The normalized spacial score (nSPS) is 10.2. The summed E-state index contributed by atoms with van der Waals surface area (Å²) in [6.45, 7) is 2.10. The van der Waals surface area contributed by atoms with Crippen LogP contribution in [0.5, 0.6) is 11.5 Å². The fraction of sp³-hybridized carbons (Fsp3) is 0.250. The van der Waals surface area contributed by atoms with E-state index in [1.165, 1.54) is 18.4 Å². The van der Waals surface area contributed by atoms with E-state index in [0.29, 0.717) is 22.9 Å². The van der Waals surface area contributed by atoms with E-state index in [2.05, 4.69) is 5.32 Å². The van der Waals surface area contributed by atoms with Crippen molar-refractivity contribution in [1.82, 2.24) is 5.32 Å². The third-order valence-corrected chi connectivity index (χ3v) is 4.01. The van der Waals surface area contributed by atoms with Crippen LogP contribution >= 0.6 is 11.3 Å². The lowest BCUT2D eigenvalue weighted by Gasteiger charge is -2.11. The second-order valence-electron chi connectivity index (χ2n) is 4.83. The third kappa shape index (κ3) is 4.72. The van der Waals surface area contributed by atoms with Gasteiger partial charge in [0, 0.05) is 11.4 Å². The minimum absolute atomic E-state index is 0.115. The molecule has 0 radical (unpaired) electrons. The summed E-state index contributed by atoms with van der Waals surface area (Å²) in [4.78, 5) is 24.6. The van der Waals surface area contributed by atoms with Gasteiger partial charge in [0.15, 0.2) is 18.1 Å². The van der Waals surface area contributed by atoms with Crippen molar-refractivity contribution in [3.05, 3.63) is 45.6 Å². The van der Waals surface area contributed by atoms with Gasteiger partial charge in [-0.3, -0.25) is 9.59 Å². The van der Waals surface area contributed by atoms with E-state index in [9.17, 15) is 9.59 Å². The number of nitrogens with one attached hydrogen (secondary N) is 1. The van der Waals surface area contributed by atoms with Crippen molar-refractivity contribution in [2.75, 3.05) is 13.7 Å². The zero-order valence-corrected chi connectivity index (χ0v) is 13.7. The summed E-state index contributed by atoms with van der Waals surface area (Å²) in [5.41, 5.74) is 5.90. The van der Waals surface area contributed by atoms with E-state index >= 15 is 0 Å². The van der Waals surface area contributed by atoms with Gasteiger partial charge < -0.3 is 20.5 Å². The first-order valence-electron chi connectivity index (χ1n) is 6.92. The minimum atomic E-state index is -0.561. The molecule has 0 bridgehead atoms. The lowest BCUT2D eigenvalue weighted by molar-refractivity contribution is -0.119. The summed E-state index contributed by atoms with van der Waals surface area (Å²) in [6, 6.07) is 8.93. The summed E-state index contributed by atoms with van der Waals surface area (Å²) in [5.74, 6) is 0.228. The van der Waals surface area contributed by atoms with Crippen LogP contribution in [0.2, 0.25) is 0 Å². The van der Waals surface area contributed by atoms with Crippen LogP contribution in [-0.2, 0) is 11.3 Å². The largest absolute Gasteiger partial charge is 0.493 e. The van der Waals surface area contributed by atoms with Crippen LogP contribution in [0, 0.1) is 6.92 Å². The molecule has 1 heterocycles. The Morgan fingerprint density at radius 1 is 1.22 bits per heavy atom. The monoisotopic (exact) mass is 334 g/mol. The van der Waals surface area contributed by atoms with E-state index in [1.807, 2.05) is 13.0 Å². The molecule has 0 saturated heterocycles. The number of methoxy groups -OCH3 is 1. The zero-order chi connectivity index (χ0) is 16.8. The Kier molecular flexibility index (Phi) is 5.59. The molecular weight excluding hydrogens is 316 g/mol. The van der Waals surface area contributed by atoms with Crippen molar-refractivity contribution in [2.45, 2.75) is 13.5 Å². The molecule has 23 heavy (non-hydrogen) atoms. The van der Waals surface area contributed by atoms with E-state index in [1.54, 1.807) is 24.3 Å². The van der Waals surface area contributed by atoms with Gasteiger partial charge in [-0.05, 0) is 36.8 Å². The van der Waals surface area contributed by atoms with Crippen LogP contribution in [-0.4, -0.2) is 25.5 Å². The van der Waals surface area contributed by atoms with Crippen molar-refractivity contribution < 1.29 is 19.1 Å². The predicted octanol–water partition coefficient (Wildman–Crippen LogP) is 1.86. The lowest BCUT2D eigenvalue weighted by atomic mass is 10.2. The average molecular weight is 334 g/mol. The van der Waals surface area contributed by atoms with Crippen LogP contribution in [0.15, 0.2) is 30.3 Å². The van der Waals surface area contributed by atoms with Gasteiger partial charge in [-0.25, -0.2) is 0 Å². The Balaban J connectivity index is 2.00. The first-order valence-corrected chi connectivity index (χ1v) is 7.74. The molecule has 0 fully saturated rings. The molecule has 1 aromatic carbocycles. The highest BCUT2D eigenvalue weighted by Crippen LogP contribution is 2.28. The molecule has 1 aromatic heterocycles. The van der Waals surface area contributed by atoms with Crippen molar-refractivity contribution in [3.63, 3.8) is 0 Å². The molecule has 2 rings (SSSR count). The molecule has 7 heteroatoms. The molecule has 2 amide bonds. The Bertz CT molecular complexity index is 712. The summed E-state index contributed by atoms with van der Waals surface area (Å²) in [6.07, 6.45) is 0. The second kappa shape index (κ2) is 7.64. The predicted molar refractivity (Wildman–Crippen MR) is 87.9 cm³/mol. The maximum Gasteiger partial charge on any atom is 0.261 e. The Labute approximate surface area is 138 Å². The first-order chi connectivity index (χ1) is 11.0. The quantitative estimate of drug-likeness (QED) is 0.808. The number of hydrogen-bond acceptors (Lipinski definition) is 5. The highest BCUT2D eigenvalue weighted by molar-refractivity contribution is 7.13. The van der Waals surface area contributed by atoms with Crippen LogP contribution in [0.25, 0.3) is 0 Å². The molecule has 6 nitrogen and oxygen atoms in total. The summed E-state index contributed by atoms with van der Waals surface area (Å²) in [7, 11) is 1.50. The molecule has 3 N–H and O–H groups in total. The molecule has 0 saturated carbocycles. The van der Waals surface area contributed by atoms with E-state index in [4.69, 9.17) is 15.2 Å². The Morgan fingerprint density at radius 3 is 2.61 bits per heavy atom.